The van der Waals surface area contributed by atoms with Crippen LogP contribution in [0.5, 0.6) is 11.5 Å². The maximum Gasteiger partial charge on any atom is 0.262 e. The third-order valence-corrected chi connectivity index (χ3v) is 5.41. The number of anilines is 2. The molecule has 0 aliphatic heterocycles. The van der Waals surface area contributed by atoms with Crippen molar-refractivity contribution < 1.29 is 14.3 Å². The summed E-state index contributed by atoms with van der Waals surface area (Å²) in [4.78, 5) is 12.3. The zero-order valence-electron chi connectivity index (χ0n) is 17.6. The Labute approximate surface area is 192 Å². The molecule has 0 spiro atoms. The van der Waals surface area contributed by atoms with E-state index in [1.165, 1.54) is 7.11 Å². The fourth-order valence-corrected chi connectivity index (χ4v) is 3.46. The minimum absolute atomic E-state index is 0.220. The highest BCUT2D eigenvalue weighted by Crippen LogP contribution is 2.36. The molecule has 3 aromatic carbocycles. The number of benzene rings is 3. The zero-order chi connectivity index (χ0) is 22.4. The van der Waals surface area contributed by atoms with Crippen molar-refractivity contribution in [1.82, 2.24) is 0 Å². The molecular formula is C24H24Cl2N2O3. The molecular weight excluding hydrogens is 435 g/mol. The van der Waals surface area contributed by atoms with E-state index in [9.17, 15) is 4.79 Å². The zero-order valence-corrected chi connectivity index (χ0v) is 19.1. The van der Waals surface area contributed by atoms with Crippen LogP contribution >= 0.6 is 23.2 Å². The van der Waals surface area contributed by atoms with E-state index in [1.54, 1.807) is 18.2 Å². The van der Waals surface area contributed by atoms with E-state index in [0.717, 1.165) is 22.4 Å². The molecule has 0 radical (unpaired) electrons. The van der Waals surface area contributed by atoms with Crippen LogP contribution < -0.4 is 20.1 Å². The SMILES string of the molecule is COc1cc(CNc2ccccc2C)cc(Cl)c1OCC(=O)Nc1ccc(C)c(Cl)c1. The fraction of sp³-hybridized carbons (Fsp3) is 0.208. The Kier molecular flexibility index (Phi) is 7.66. The molecule has 0 saturated carbocycles. The molecule has 0 saturated heterocycles. The van der Waals surface area contributed by atoms with E-state index in [1.807, 2.05) is 50.2 Å². The number of carbonyl (C=O) groups excluding carboxylic acids is 1. The van der Waals surface area contributed by atoms with Crippen LogP contribution in [-0.2, 0) is 11.3 Å². The molecule has 0 aliphatic rings. The third kappa shape index (κ3) is 6.06. The lowest BCUT2D eigenvalue weighted by Gasteiger charge is -2.15. The highest BCUT2D eigenvalue weighted by atomic mass is 35.5. The predicted molar refractivity (Wildman–Crippen MR) is 127 cm³/mol. The second-order valence-electron chi connectivity index (χ2n) is 7.08. The summed E-state index contributed by atoms with van der Waals surface area (Å²) in [6.45, 7) is 4.28. The normalized spacial score (nSPS) is 10.5. The summed E-state index contributed by atoms with van der Waals surface area (Å²) in [5.74, 6) is 0.449. The van der Waals surface area contributed by atoms with Gasteiger partial charge in [-0.25, -0.2) is 0 Å². The molecule has 0 aliphatic carbocycles. The van der Waals surface area contributed by atoms with Crippen LogP contribution in [0.3, 0.4) is 0 Å². The van der Waals surface area contributed by atoms with Gasteiger partial charge in [-0.1, -0.05) is 47.5 Å². The first-order chi connectivity index (χ1) is 14.9. The van der Waals surface area contributed by atoms with Crippen LogP contribution in [0.1, 0.15) is 16.7 Å². The lowest BCUT2D eigenvalue weighted by Crippen LogP contribution is -2.20. The lowest BCUT2D eigenvalue weighted by atomic mass is 10.1. The minimum atomic E-state index is -0.330. The van der Waals surface area contributed by atoms with Gasteiger partial charge in [0.2, 0.25) is 0 Å². The second kappa shape index (κ2) is 10.4. The highest BCUT2D eigenvalue weighted by Gasteiger charge is 2.14. The van der Waals surface area contributed by atoms with Crippen LogP contribution in [0.2, 0.25) is 10.0 Å². The molecule has 0 atom stereocenters. The van der Waals surface area contributed by atoms with E-state index >= 15 is 0 Å². The molecule has 3 rings (SSSR count). The van der Waals surface area contributed by atoms with Crippen LogP contribution in [-0.4, -0.2) is 19.6 Å². The Balaban J connectivity index is 1.64. The number of hydrogen-bond donors (Lipinski definition) is 2. The first kappa shape index (κ1) is 22.8. The van der Waals surface area contributed by atoms with Crippen molar-refractivity contribution in [3.63, 3.8) is 0 Å². The van der Waals surface area contributed by atoms with E-state index in [4.69, 9.17) is 32.7 Å². The highest BCUT2D eigenvalue weighted by molar-refractivity contribution is 6.32. The Morgan fingerprint density at radius 2 is 1.74 bits per heavy atom. The van der Waals surface area contributed by atoms with Gasteiger partial charge in [0.1, 0.15) is 0 Å². The van der Waals surface area contributed by atoms with Gasteiger partial charge in [-0.3, -0.25) is 4.79 Å². The first-order valence-corrected chi connectivity index (χ1v) is 10.5. The molecule has 0 aromatic heterocycles. The molecule has 1 amide bonds. The van der Waals surface area contributed by atoms with Crippen molar-refractivity contribution in [2.75, 3.05) is 24.4 Å². The van der Waals surface area contributed by atoms with E-state index in [2.05, 4.69) is 10.6 Å². The summed E-state index contributed by atoms with van der Waals surface area (Å²) >= 11 is 12.5. The molecule has 162 valence electrons. The van der Waals surface area contributed by atoms with Gasteiger partial charge in [0.25, 0.3) is 5.91 Å². The molecule has 5 nitrogen and oxygen atoms in total. The quantitative estimate of drug-likeness (QED) is 0.418. The van der Waals surface area contributed by atoms with Crippen molar-refractivity contribution in [3.05, 3.63) is 81.3 Å². The number of halogens is 2. The number of rotatable bonds is 8. The number of nitrogens with one attached hydrogen (secondary N) is 2. The molecule has 0 fully saturated rings. The van der Waals surface area contributed by atoms with Crippen molar-refractivity contribution in [2.24, 2.45) is 0 Å². The summed E-state index contributed by atoms with van der Waals surface area (Å²) in [7, 11) is 1.53. The Hall–Kier alpha value is -2.89. The lowest BCUT2D eigenvalue weighted by molar-refractivity contribution is -0.118. The maximum atomic E-state index is 12.3. The molecule has 7 heteroatoms. The molecule has 3 aromatic rings. The van der Waals surface area contributed by atoms with Crippen molar-refractivity contribution in [3.8, 4) is 11.5 Å². The van der Waals surface area contributed by atoms with Crippen LogP contribution in [0.25, 0.3) is 0 Å². The number of para-hydroxylation sites is 1. The van der Waals surface area contributed by atoms with Crippen LogP contribution in [0, 0.1) is 13.8 Å². The van der Waals surface area contributed by atoms with Crippen molar-refractivity contribution in [2.45, 2.75) is 20.4 Å². The van der Waals surface area contributed by atoms with Gasteiger partial charge in [-0.2, -0.15) is 0 Å². The molecule has 2 N–H and O–H groups in total. The molecule has 0 heterocycles. The Morgan fingerprint density at radius 1 is 0.968 bits per heavy atom. The largest absolute Gasteiger partial charge is 0.493 e. The van der Waals surface area contributed by atoms with E-state index < -0.39 is 0 Å². The number of carbonyl (C=O) groups is 1. The van der Waals surface area contributed by atoms with Crippen LogP contribution in [0.15, 0.2) is 54.6 Å². The fourth-order valence-electron chi connectivity index (χ4n) is 2.99. The number of amides is 1. The average Bonchev–Trinajstić information content (AvgIpc) is 2.74. The van der Waals surface area contributed by atoms with E-state index in [-0.39, 0.29) is 12.5 Å². The van der Waals surface area contributed by atoms with E-state index in [0.29, 0.717) is 33.8 Å². The number of ether oxygens (including phenoxy) is 2. The topological polar surface area (TPSA) is 59.6 Å². The molecule has 0 unspecified atom stereocenters. The predicted octanol–water partition coefficient (Wildman–Crippen LogP) is 6.25. The van der Waals surface area contributed by atoms with Crippen LogP contribution in [0.4, 0.5) is 11.4 Å². The third-order valence-electron chi connectivity index (χ3n) is 4.72. The summed E-state index contributed by atoms with van der Waals surface area (Å²) in [6.07, 6.45) is 0. The minimum Gasteiger partial charge on any atom is -0.493 e. The smallest absolute Gasteiger partial charge is 0.262 e. The summed E-state index contributed by atoms with van der Waals surface area (Å²) in [5.41, 5.74) is 4.66. The monoisotopic (exact) mass is 458 g/mol. The summed E-state index contributed by atoms with van der Waals surface area (Å²) in [5, 5.41) is 7.08. The average molecular weight is 459 g/mol. The standard InChI is InChI=1S/C24H24Cl2N2O3/c1-15-8-9-18(12-19(15)25)28-23(29)14-31-24-20(26)10-17(11-22(24)30-3)13-27-21-7-5-4-6-16(21)2/h4-12,27H,13-14H2,1-3H3,(H,28,29). The van der Waals surface area contributed by atoms with Gasteiger partial charge in [-0.15, -0.1) is 0 Å². The number of aryl methyl sites for hydroxylation is 2. The number of methoxy groups -OCH3 is 1. The first-order valence-electron chi connectivity index (χ1n) is 9.72. The van der Waals surface area contributed by atoms with Gasteiger partial charge >= 0.3 is 0 Å². The van der Waals surface area contributed by atoms with Gasteiger partial charge < -0.3 is 20.1 Å². The second-order valence-corrected chi connectivity index (χ2v) is 7.89. The number of hydrogen-bond acceptors (Lipinski definition) is 4. The Morgan fingerprint density at radius 3 is 2.45 bits per heavy atom. The van der Waals surface area contributed by atoms with Gasteiger partial charge in [0.15, 0.2) is 18.1 Å². The Bertz CT molecular complexity index is 1090. The van der Waals surface area contributed by atoms with Gasteiger partial charge in [-0.05, 0) is 60.9 Å². The summed E-state index contributed by atoms with van der Waals surface area (Å²) in [6, 6.07) is 17.0. The van der Waals surface area contributed by atoms with Crippen molar-refractivity contribution >= 4 is 40.5 Å². The van der Waals surface area contributed by atoms with Crippen molar-refractivity contribution in [1.29, 1.82) is 0 Å². The molecule has 31 heavy (non-hydrogen) atoms. The maximum absolute atomic E-state index is 12.3. The van der Waals surface area contributed by atoms with Gasteiger partial charge in [0.05, 0.1) is 12.1 Å². The molecule has 0 bridgehead atoms. The summed E-state index contributed by atoms with van der Waals surface area (Å²) < 4.78 is 11.1. The van der Waals surface area contributed by atoms with Gasteiger partial charge in [0, 0.05) is 22.9 Å².